The van der Waals surface area contributed by atoms with E-state index >= 15 is 0 Å². The highest BCUT2D eigenvalue weighted by molar-refractivity contribution is 5.58. The van der Waals surface area contributed by atoms with Gasteiger partial charge in [-0.25, -0.2) is 0 Å². The molecule has 0 spiro atoms. The van der Waals surface area contributed by atoms with Crippen molar-refractivity contribution in [2.45, 2.75) is 20.3 Å². The Morgan fingerprint density at radius 2 is 1.17 bits per heavy atom. The van der Waals surface area contributed by atoms with Gasteiger partial charge in [0.15, 0.2) is 0 Å². The van der Waals surface area contributed by atoms with Crippen LogP contribution in [0.2, 0.25) is 0 Å². The molecule has 0 aromatic heterocycles. The fourth-order valence-electron chi connectivity index (χ4n) is 2.74. The quantitative estimate of drug-likeness (QED) is 0.661. The number of rotatable bonds is 5. The minimum Gasteiger partial charge on any atom is -0.259 e. The molecule has 0 atom stereocenters. The molecular formula is C17H22N+. The van der Waals surface area contributed by atoms with Crippen LogP contribution in [0.25, 0.3) is 0 Å². The van der Waals surface area contributed by atoms with Crippen LogP contribution in [0.4, 0.5) is 11.4 Å². The molecule has 18 heavy (non-hydrogen) atoms. The summed E-state index contributed by atoms with van der Waals surface area (Å²) in [5.41, 5.74) is 2.76. The maximum atomic E-state index is 2.27. The smallest absolute Gasteiger partial charge is 0.137 e. The maximum absolute atomic E-state index is 2.27. The number of hydrogen-bond acceptors (Lipinski definition) is 0. The van der Waals surface area contributed by atoms with Gasteiger partial charge in [0.2, 0.25) is 0 Å². The van der Waals surface area contributed by atoms with Crippen LogP contribution in [0, 0.1) is 0 Å². The van der Waals surface area contributed by atoms with E-state index in [4.69, 9.17) is 0 Å². The number of nitrogens with zero attached hydrogens (tertiary/aromatic N) is 1. The van der Waals surface area contributed by atoms with Gasteiger partial charge in [0.1, 0.15) is 11.4 Å². The van der Waals surface area contributed by atoms with Gasteiger partial charge in [-0.3, -0.25) is 4.48 Å². The summed E-state index contributed by atoms with van der Waals surface area (Å²) >= 11 is 0. The Morgan fingerprint density at radius 1 is 0.722 bits per heavy atom. The zero-order valence-electron chi connectivity index (χ0n) is 11.3. The Hall–Kier alpha value is -1.60. The van der Waals surface area contributed by atoms with Gasteiger partial charge in [-0.15, -0.1) is 0 Å². The third kappa shape index (κ3) is 2.32. The van der Waals surface area contributed by atoms with Crippen LogP contribution in [0.15, 0.2) is 60.7 Å². The highest BCUT2D eigenvalue weighted by Crippen LogP contribution is 2.34. The summed E-state index contributed by atoms with van der Waals surface area (Å²) in [6.07, 6.45) is 1.18. The lowest BCUT2D eigenvalue weighted by Crippen LogP contribution is -2.44. The highest BCUT2D eigenvalue weighted by Gasteiger charge is 2.29. The van der Waals surface area contributed by atoms with Gasteiger partial charge < -0.3 is 0 Å². The topological polar surface area (TPSA) is 0 Å². The molecule has 0 unspecified atom stereocenters. The van der Waals surface area contributed by atoms with Crippen LogP contribution in [0.1, 0.15) is 20.3 Å². The number of hydrogen-bond donors (Lipinski definition) is 0. The SMILES string of the molecule is CCC[N+](CC)(c1ccccc1)c1ccccc1. The lowest BCUT2D eigenvalue weighted by molar-refractivity contribution is 0.399. The van der Waals surface area contributed by atoms with Crippen molar-refractivity contribution in [3.63, 3.8) is 0 Å². The summed E-state index contributed by atoms with van der Waals surface area (Å²) in [6, 6.07) is 21.7. The molecule has 0 aliphatic rings. The van der Waals surface area contributed by atoms with Crippen LogP contribution in [0.5, 0.6) is 0 Å². The molecule has 0 heterocycles. The van der Waals surface area contributed by atoms with Crippen molar-refractivity contribution in [1.82, 2.24) is 4.48 Å². The molecule has 2 aromatic carbocycles. The molecule has 0 fully saturated rings. The summed E-state index contributed by atoms with van der Waals surface area (Å²) in [6.45, 7) is 6.76. The molecule has 0 saturated heterocycles. The van der Waals surface area contributed by atoms with Crippen LogP contribution in [-0.2, 0) is 0 Å². The highest BCUT2D eigenvalue weighted by atomic mass is 15.4. The van der Waals surface area contributed by atoms with E-state index in [1.807, 2.05) is 0 Å². The molecule has 0 aliphatic heterocycles. The summed E-state index contributed by atoms with van der Waals surface area (Å²) in [7, 11) is 0. The molecule has 0 radical (unpaired) electrons. The van der Waals surface area contributed by atoms with Crippen molar-refractivity contribution in [2.75, 3.05) is 13.1 Å². The zero-order valence-corrected chi connectivity index (χ0v) is 11.3. The van der Waals surface area contributed by atoms with Gasteiger partial charge in [-0.1, -0.05) is 43.3 Å². The average Bonchev–Trinajstić information content (AvgIpc) is 2.47. The lowest BCUT2D eigenvalue weighted by Gasteiger charge is -2.36. The lowest BCUT2D eigenvalue weighted by atomic mass is 10.1. The molecule has 0 bridgehead atoms. The molecule has 0 amide bonds. The molecule has 2 rings (SSSR count). The molecule has 0 N–H and O–H groups in total. The molecule has 2 aromatic rings. The largest absolute Gasteiger partial charge is 0.259 e. The predicted molar refractivity (Wildman–Crippen MR) is 80.0 cm³/mol. The van der Waals surface area contributed by atoms with Crippen LogP contribution < -0.4 is 4.48 Å². The standard InChI is InChI=1S/C17H22N/c1-3-15-18(4-2,16-11-7-5-8-12-16)17-13-9-6-10-14-17/h5-14H,3-4,15H2,1-2H3/q+1. The van der Waals surface area contributed by atoms with Crippen molar-refractivity contribution >= 4 is 11.4 Å². The Balaban J connectivity index is 2.53. The van der Waals surface area contributed by atoms with E-state index in [0.29, 0.717) is 0 Å². The maximum Gasteiger partial charge on any atom is 0.137 e. The average molecular weight is 240 g/mol. The Kier molecular flexibility index (Phi) is 4.16. The van der Waals surface area contributed by atoms with Crippen LogP contribution in [0.3, 0.4) is 0 Å². The molecule has 0 aliphatic carbocycles. The van der Waals surface area contributed by atoms with Crippen molar-refractivity contribution in [3.05, 3.63) is 60.7 Å². The van der Waals surface area contributed by atoms with Gasteiger partial charge >= 0.3 is 0 Å². The second-order valence-corrected chi connectivity index (χ2v) is 4.68. The first-order valence-corrected chi connectivity index (χ1v) is 6.82. The first kappa shape index (κ1) is 12.8. The van der Waals surface area contributed by atoms with E-state index in [1.165, 1.54) is 17.8 Å². The van der Waals surface area contributed by atoms with Gasteiger partial charge in [-0.2, -0.15) is 0 Å². The van der Waals surface area contributed by atoms with E-state index in [0.717, 1.165) is 17.6 Å². The Labute approximate surface area is 110 Å². The van der Waals surface area contributed by atoms with E-state index in [1.54, 1.807) is 0 Å². The molecule has 94 valence electrons. The monoisotopic (exact) mass is 240 g/mol. The van der Waals surface area contributed by atoms with E-state index in [9.17, 15) is 0 Å². The Bertz CT molecular complexity index is 422. The molecule has 0 saturated carbocycles. The number of para-hydroxylation sites is 2. The second-order valence-electron chi connectivity index (χ2n) is 4.68. The first-order chi connectivity index (χ1) is 8.83. The zero-order chi connectivity index (χ0) is 12.8. The molecule has 1 nitrogen and oxygen atoms in total. The van der Waals surface area contributed by atoms with Crippen molar-refractivity contribution < 1.29 is 0 Å². The van der Waals surface area contributed by atoms with Crippen molar-refractivity contribution in [2.24, 2.45) is 0 Å². The first-order valence-electron chi connectivity index (χ1n) is 6.82. The molecular weight excluding hydrogens is 218 g/mol. The third-order valence-electron chi connectivity index (χ3n) is 3.65. The third-order valence-corrected chi connectivity index (χ3v) is 3.65. The fraction of sp³-hybridized carbons (Fsp3) is 0.294. The normalized spacial score (nSPS) is 11.4. The Morgan fingerprint density at radius 3 is 1.50 bits per heavy atom. The second kappa shape index (κ2) is 5.83. The predicted octanol–water partition coefficient (Wildman–Crippen LogP) is 4.76. The fourth-order valence-corrected chi connectivity index (χ4v) is 2.74. The van der Waals surface area contributed by atoms with Gasteiger partial charge in [0, 0.05) is 0 Å². The van der Waals surface area contributed by atoms with Gasteiger partial charge in [-0.05, 0) is 37.6 Å². The minimum absolute atomic E-state index is 0.943. The van der Waals surface area contributed by atoms with E-state index < -0.39 is 0 Å². The van der Waals surface area contributed by atoms with Crippen LogP contribution >= 0.6 is 0 Å². The van der Waals surface area contributed by atoms with Gasteiger partial charge in [0.25, 0.3) is 0 Å². The minimum atomic E-state index is 0.943. The summed E-state index contributed by atoms with van der Waals surface area (Å²) in [5, 5.41) is 0. The van der Waals surface area contributed by atoms with Crippen molar-refractivity contribution in [1.29, 1.82) is 0 Å². The molecule has 1 heteroatoms. The van der Waals surface area contributed by atoms with E-state index in [2.05, 4.69) is 74.5 Å². The van der Waals surface area contributed by atoms with Crippen LogP contribution in [-0.4, -0.2) is 13.1 Å². The summed E-state index contributed by atoms with van der Waals surface area (Å²) < 4.78 is 0.943. The summed E-state index contributed by atoms with van der Waals surface area (Å²) in [5.74, 6) is 0. The van der Waals surface area contributed by atoms with Gasteiger partial charge in [0.05, 0.1) is 13.1 Å². The summed E-state index contributed by atoms with van der Waals surface area (Å²) in [4.78, 5) is 0. The van der Waals surface area contributed by atoms with E-state index in [-0.39, 0.29) is 0 Å². The number of benzene rings is 2. The number of quaternary nitrogens is 1. The van der Waals surface area contributed by atoms with Crippen molar-refractivity contribution in [3.8, 4) is 0 Å².